The average molecular weight is 382 g/mol. The molecule has 3 N–H and O–H groups in total. The second kappa shape index (κ2) is 11.9. The molecule has 0 atom stereocenters. The lowest BCUT2D eigenvalue weighted by molar-refractivity contribution is -0.118. The van der Waals surface area contributed by atoms with Gasteiger partial charge in [-0.3, -0.25) is 9.59 Å². The molecule has 1 fully saturated rings. The van der Waals surface area contributed by atoms with Crippen LogP contribution in [0.25, 0.3) is 0 Å². The number of hydrogen-bond donors (Lipinski definition) is 3. The summed E-state index contributed by atoms with van der Waals surface area (Å²) in [5.74, 6) is -0.171. The number of anilines is 1. The molecule has 1 aromatic carbocycles. The Hall–Kier alpha value is -1.59. The summed E-state index contributed by atoms with van der Waals surface area (Å²) in [4.78, 5) is 23.8. The summed E-state index contributed by atoms with van der Waals surface area (Å²) < 4.78 is 0. The highest BCUT2D eigenvalue weighted by Crippen LogP contribution is 2.16. The van der Waals surface area contributed by atoms with Gasteiger partial charge >= 0.3 is 0 Å². The molecule has 6 heteroatoms. The minimum absolute atomic E-state index is 0. The minimum atomic E-state index is -0.0793. The lowest BCUT2D eigenvalue weighted by Gasteiger charge is -2.16. The number of hydrogen-bond acceptors (Lipinski definition) is 3. The zero-order chi connectivity index (χ0) is 18.1. The van der Waals surface area contributed by atoms with Crippen molar-refractivity contribution in [1.82, 2.24) is 10.6 Å². The number of rotatable bonds is 7. The van der Waals surface area contributed by atoms with Crippen molar-refractivity contribution in [2.75, 3.05) is 18.4 Å². The van der Waals surface area contributed by atoms with E-state index >= 15 is 0 Å². The van der Waals surface area contributed by atoms with Crippen LogP contribution in [0.4, 0.5) is 5.69 Å². The van der Waals surface area contributed by atoms with Gasteiger partial charge in [-0.1, -0.05) is 39.5 Å². The molecule has 0 bridgehead atoms. The smallest absolute Gasteiger partial charge is 0.251 e. The van der Waals surface area contributed by atoms with Crippen LogP contribution < -0.4 is 16.0 Å². The molecule has 0 spiro atoms. The van der Waals surface area contributed by atoms with Gasteiger partial charge in [0, 0.05) is 36.3 Å². The molecule has 5 nitrogen and oxygen atoms in total. The number of amides is 2. The number of halogens is 1. The molecule has 0 radical (unpaired) electrons. The monoisotopic (exact) mass is 381 g/mol. The largest absolute Gasteiger partial charge is 0.351 e. The first-order valence-electron chi connectivity index (χ1n) is 9.49. The molecule has 1 saturated carbocycles. The minimum Gasteiger partial charge on any atom is -0.351 e. The van der Waals surface area contributed by atoms with E-state index in [1.807, 2.05) is 13.8 Å². The van der Waals surface area contributed by atoms with E-state index in [9.17, 15) is 9.59 Å². The molecule has 0 saturated heterocycles. The topological polar surface area (TPSA) is 70.2 Å². The zero-order valence-corrected chi connectivity index (χ0v) is 16.7. The summed E-state index contributed by atoms with van der Waals surface area (Å²) in [5.41, 5.74) is 1.32. The molecule has 146 valence electrons. The van der Waals surface area contributed by atoms with E-state index in [-0.39, 0.29) is 30.1 Å². The van der Waals surface area contributed by atoms with Gasteiger partial charge in [0.1, 0.15) is 0 Å². The van der Waals surface area contributed by atoms with Crippen molar-refractivity contribution < 1.29 is 9.59 Å². The van der Waals surface area contributed by atoms with Gasteiger partial charge in [0.25, 0.3) is 5.91 Å². The van der Waals surface area contributed by atoms with Gasteiger partial charge in [-0.2, -0.15) is 0 Å². The van der Waals surface area contributed by atoms with Crippen molar-refractivity contribution in [2.24, 2.45) is 5.92 Å². The summed E-state index contributed by atoms with van der Waals surface area (Å²) in [7, 11) is 0. The van der Waals surface area contributed by atoms with Gasteiger partial charge in [-0.05, 0) is 37.1 Å². The Bertz CT molecular complexity index is 553. The first-order valence-corrected chi connectivity index (χ1v) is 9.49. The van der Waals surface area contributed by atoms with E-state index in [1.165, 1.54) is 38.5 Å². The molecule has 2 rings (SSSR count). The van der Waals surface area contributed by atoms with E-state index in [0.29, 0.717) is 23.8 Å². The predicted molar refractivity (Wildman–Crippen MR) is 109 cm³/mol. The number of carbonyl (C=O) groups excluding carboxylic acids is 2. The molecule has 1 aliphatic carbocycles. The van der Waals surface area contributed by atoms with Gasteiger partial charge < -0.3 is 16.0 Å². The Kier molecular flexibility index (Phi) is 10.3. The van der Waals surface area contributed by atoms with Gasteiger partial charge in [0.05, 0.1) is 0 Å². The first-order chi connectivity index (χ1) is 12.1. The molecule has 2 amide bonds. The first kappa shape index (κ1) is 22.5. The Labute approximate surface area is 163 Å². The highest BCUT2D eigenvalue weighted by atomic mass is 35.5. The highest BCUT2D eigenvalue weighted by molar-refractivity contribution is 5.96. The maximum Gasteiger partial charge on any atom is 0.251 e. The van der Waals surface area contributed by atoms with Gasteiger partial charge in [0.15, 0.2) is 0 Å². The molecule has 1 aliphatic rings. The van der Waals surface area contributed by atoms with Crippen LogP contribution in [-0.4, -0.2) is 30.9 Å². The van der Waals surface area contributed by atoms with Gasteiger partial charge in [-0.15, -0.1) is 12.4 Å². The fourth-order valence-corrected chi connectivity index (χ4v) is 3.03. The van der Waals surface area contributed by atoms with Crippen molar-refractivity contribution in [3.63, 3.8) is 0 Å². The fourth-order valence-electron chi connectivity index (χ4n) is 3.03. The van der Waals surface area contributed by atoms with Crippen molar-refractivity contribution in [2.45, 2.75) is 58.4 Å². The normalized spacial score (nSPS) is 15.0. The fraction of sp³-hybridized carbons (Fsp3) is 0.600. The molecular weight excluding hydrogens is 350 g/mol. The Morgan fingerprint density at radius 1 is 1.00 bits per heavy atom. The molecule has 26 heavy (non-hydrogen) atoms. The molecule has 0 aromatic heterocycles. The lowest BCUT2D eigenvalue weighted by atomic mass is 10.1. The van der Waals surface area contributed by atoms with E-state index in [0.717, 1.165) is 6.54 Å². The zero-order valence-electron chi connectivity index (χ0n) is 15.8. The second-order valence-electron chi connectivity index (χ2n) is 7.12. The average Bonchev–Trinajstić information content (AvgIpc) is 2.88. The van der Waals surface area contributed by atoms with Crippen LogP contribution in [0.15, 0.2) is 24.3 Å². The number of benzene rings is 1. The number of nitrogens with one attached hydrogen (secondary N) is 3. The van der Waals surface area contributed by atoms with E-state index in [4.69, 9.17) is 0 Å². The summed E-state index contributed by atoms with van der Waals surface area (Å²) in [6.45, 7) is 5.13. The second-order valence-corrected chi connectivity index (χ2v) is 7.12. The molecule has 1 aromatic rings. The summed E-state index contributed by atoms with van der Waals surface area (Å²) in [6, 6.07) is 7.61. The van der Waals surface area contributed by atoms with Crippen LogP contribution in [0.2, 0.25) is 0 Å². The third kappa shape index (κ3) is 7.75. The van der Waals surface area contributed by atoms with E-state index in [2.05, 4.69) is 16.0 Å². The molecule has 0 heterocycles. The van der Waals surface area contributed by atoms with Crippen molar-refractivity contribution in [3.05, 3.63) is 29.8 Å². The standard InChI is InChI=1S/C20H31N3O2.ClH/c1-15(2)19(24)23-18-11-9-16(10-12-18)20(25)22-14-13-21-17-7-5-3-4-6-8-17;/h9-12,15,17,21H,3-8,13-14H2,1-2H3,(H,22,25)(H,23,24);1H. The Morgan fingerprint density at radius 3 is 2.19 bits per heavy atom. The van der Waals surface area contributed by atoms with Crippen LogP contribution in [-0.2, 0) is 4.79 Å². The highest BCUT2D eigenvalue weighted by Gasteiger charge is 2.12. The Morgan fingerprint density at radius 2 is 1.62 bits per heavy atom. The van der Waals surface area contributed by atoms with Crippen molar-refractivity contribution >= 4 is 29.9 Å². The van der Waals surface area contributed by atoms with Gasteiger partial charge in [0.2, 0.25) is 5.91 Å². The quantitative estimate of drug-likeness (QED) is 0.497. The van der Waals surface area contributed by atoms with Crippen LogP contribution in [0, 0.1) is 5.92 Å². The van der Waals surface area contributed by atoms with E-state index in [1.54, 1.807) is 24.3 Å². The van der Waals surface area contributed by atoms with Crippen LogP contribution in [0.3, 0.4) is 0 Å². The Balaban J connectivity index is 0.00000338. The molecular formula is C20H32ClN3O2. The maximum atomic E-state index is 12.2. The third-order valence-corrected chi connectivity index (χ3v) is 4.64. The number of carbonyl (C=O) groups is 2. The lowest BCUT2D eigenvalue weighted by Crippen LogP contribution is -2.36. The summed E-state index contributed by atoms with van der Waals surface area (Å²) in [6.07, 6.45) is 7.81. The maximum absolute atomic E-state index is 12.2. The van der Waals surface area contributed by atoms with Crippen LogP contribution in [0.5, 0.6) is 0 Å². The third-order valence-electron chi connectivity index (χ3n) is 4.64. The summed E-state index contributed by atoms with van der Waals surface area (Å²) in [5, 5.41) is 9.31. The predicted octanol–water partition coefficient (Wildman–Crippen LogP) is 3.75. The molecule has 0 aliphatic heterocycles. The summed E-state index contributed by atoms with van der Waals surface area (Å²) >= 11 is 0. The van der Waals surface area contributed by atoms with Crippen molar-refractivity contribution in [1.29, 1.82) is 0 Å². The SMILES string of the molecule is CC(C)C(=O)Nc1ccc(C(=O)NCCNC2CCCCCC2)cc1.Cl. The van der Waals surface area contributed by atoms with Crippen LogP contribution >= 0.6 is 12.4 Å². The van der Waals surface area contributed by atoms with E-state index < -0.39 is 0 Å². The van der Waals surface area contributed by atoms with Crippen LogP contribution in [0.1, 0.15) is 62.7 Å². The van der Waals surface area contributed by atoms with Gasteiger partial charge in [-0.25, -0.2) is 0 Å². The van der Waals surface area contributed by atoms with Crippen molar-refractivity contribution in [3.8, 4) is 0 Å². The molecule has 0 unspecified atom stereocenters.